The van der Waals surface area contributed by atoms with Gasteiger partial charge in [-0.15, -0.1) is 0 Å². The van der Waals surface area contributed by atoms with Crippen molar-refractivity contribution in [3.63, 3.8) is 0 Å². The Labute approximate surface area is 93.4 Å². The first-order chi connectivity index (χ1) is 7.70. The number of anilines is 1. The number of hydrogen-bond donors (Lipinski definition) is 0. The second-order valence-corrected chi connectivity index (χ2v) is 4.23. The van der Waals surface area contributed by atoms with E-state index in [1.165, 1.54) is 12.2 Å². The van der Waals surface area contributed by atoms with Crippen molar-refractivity contribution >= 4 is 17.3 Å². The molecular weight excluding hydrogens is 202 g/mol. The van der Waals surface area contributed by atoms with Crippen LogP contribution in [0.25, 0.3) is 0 Å². The topological polar surface area (TPSA) is 37.4 Å². The molecule has 3 nitrogen and oxygen atoms in total. The van der Waals surface area contributed by atoms with E-state index in [0.717, 1.165) is 11.3 Å². The second kappa shape index (κ2) is 3.04. The van der Waals surface area contributed by atoms with Gasteiger partial charge in [0.1, 0.15) is 6.04 Å². The van der Waals surface area contributed by atoms with Crippen LogP contribution in [0.1, 0.15) is 11.5 Å². The van der Waals surface area contributed by atoms with E-state index in [9.17, 15) is 9.59 Å². The van der Waals surface area contributed by atoms with E-state index in [1.807, 2.05) is 36.2 Å². The molecule has 16 heavy (non-hydrogen) atoms. The molecule has 0 saturated carbocycles. The van der Waals surface area contributed by atoms with Crippen molar-refractivity contribution in [1.29, 1.82) is 0 Å². The van der Waals surface area contributed by atoms with E-state index >= 15 is 0 Å². The maximum absolute atomic E-state index is 11.9. The first kappa shape index (κ1) is 9.33. The molecule has 80 valence electrons. The minimum Gasteiger partial charge on any atom is -0.363 e. The highest BCUT2D eigenvalue weighted by Crippen LogP contribution is 2.42. The van der Waals surface area contributed by atoms with Gasteiger partial charge in [-0.3, -0.25) is 9.59 Å². The van der Waals surface area contributed by atoms with Crippen LogP contribution in [0.4, 0.5) is 5.69 Å². The van der Waals surface area contributed by atoms with Gasteiger partial charge in [0.05, 0.1) is 5.92 Å². The largest absolute Gasteiger partial charge is 0.363 e. The third-order valence-corrected chi connectivity index (χ3v) is 3.39. The average molecular weight is 213 g/mol. The summed E-state index contributed by atoms with van der Waals surface area (Å²) in [6, 6.07) is 7.38. The molecule has 0 bridgehead atoms. The molecule has 0 saturated heterocycles. The average Bonchev–Trinajstić information content (AvgIpc) is 2.60. The maximum Gasteiger partial charge on any atom is 0.179 e. The number of likely N-dealkylation sites (N-methyl/N-ethyl adjacent to an activating group) is 1. The van der Waals surface area contributed by atoms with Gasteiger partial charge in [0, 0.05) is 12.7 Å². The monoisotopic (exact) mass is 213 g/mol. The highest BCUT2D eigenvalue weighted by atomic mass is 16.1. The van der Waals surface area contributed by atoms with Crippen molar-refractivity contribution in [3.05, 3.63) is 42.0 Å². The van der Waals surface area contributed by atoms with Crippen LogP contribution < -0.4 is 4.90 Å². The van der Waals surface area contributed by atoms with Crippen LogP contribution in [-0.4, -0.2) is 24.7 Å². The van der Waals surface area contributed by atoms with E-state index < -0.39 is 0 Å². The number of allylic oxidation sites excluding steroid dienone is 1. The summed E-state index contributed by atoms with van der Waals surface area (Å²) in [6.45, 7) is 0. The molecule has 1 aliphatic heterocycles. The Kier molecular flexibility index (Phi) is 1.78. The van der Waals surface area contributed by atoms with Gasteiger partial charge in [-0.05, 0) is 23.8 Å². The molecule has 2 unspecified atom stereocenters. The summed E-state index contributed by atoms with van der Waals surface area (Å²) >= 11 is 0. The molecular formula is C13H11NO2. The van der Waals surface area contributed by atoms with E-state index in [-0.39, 0.29) is 23.5 Å². The Balaban J connectivity index is 2.21. The predicted molar refractivity (Wildman–Crippen MR) is 60.5 cm³/mol. The van der Waals surface area contributed by atoms with Gasteiger partial charge in [0.25, 0.3) is 0 Å². The van der Waals surface area contributed by atoms with Crippen molar-refractivity contribution in [1.82, 2.24) is 0 Å². The summed E-state index contributed by atoms with van der Waals surface area (Å²) in [7, 11) is 1.87. The van der Waals surface area contributed by atoms with E-state index in [0.29, 0.717) is 0 Å². The van der Waals surface area contributed by atoms with Gasteiger partial charge in [0.2, 0.25) is 0 Å². The molecule has 0 radical (unpaired) electrons. The standard InChI is InChI=1S/C13H11NO2/c1-14-9-5-3-2-4-8(9)12-10(15)6-7-11(16)13(12)14/h2-7,12-13H,1H3. The molecule has 0 amide bonds. The van der Waals surface area contributed by atoms with Crippen molar-refractivity contribution in [3.8, 4) is 0 Å². The van der Waals surface area contributed by atoms with Gasteiger partial charge in [-0.2, -0.15) is 0 Å². The molecule has 1 aromatic rings. The molecule has 0 fully saturated rings. The minimum absolute atomic E-state index is 0.0169. The number of rotatable bonds is 0. The Morgan fingerprint density at radius 2 is 1.75 bits per heavy atom. The normalized spacial score (nSPS) is 26.9. The molecule has 3 rings (SSSR count). The number of ketones is 2. The zero-order valence-corrected chi connectivity index (χ0v) is 8.88. The van der Waals surface area contributed by atoms with E-state index in [1.54, 1.807) is 0 Å². The highest BCUT2D eigenvalue weighted by Gasteiger charge is 2.45. The third-order valence-electron chi connectivity index (χ3n) is 3.39. The Hall–Kier alpha value is -1.90. The van der Waals surface area contributed by atoms with Crippen LogP contribution in [-0.2, 0) is 9.59 Å². The molecule has 2 aliphatic rings. The lowest BCUT2D eigenvalue weighted by molar-refractivity contribution is -0.123. The smallest absolute Gasteiger partial charge is 0.179 e. The fourth-order valence-electron chi connectivity index (χ4n) is 2.65. The zero-order chi connectivity index (χ0) is 11.3. The number of carbonyl (C=O) groups excluding carboxylic acids is 2. The van der Waals surface area contributed by atoms with Gasteiger partial charge < -0.3 is 4.90 Å². The summed E-state index contributed by atoms with van der Waals surface area (Å²) in [4.78, 5) is 25.6. The van der Waals surface area contributed by atoms with Crippen LogP contribution >= 0.6 is 0 Å². The number of carbonyl (C=O) groups is 2. The number of hydrogen-bond acceptors (Lipinski definition) is 3. The quantitative estimate of drug-likeness (QED) is 0.651. The molecule has 2 atom stereocenters. The van der Waals surface area contributed by atoms with E-state index in [2.05, 4.69) is 0 Å². The summed E-state index contributed by atoms with van der Waals surface area (Å²) in [6.07, 6.45) is 2.80. The molecule has 1 aliphatic carbocycles. The lowest BCUT2D eigenvalue weighted by atomic mass is 9.85. The number of benzene rings is 1. The SMILES string of the molecule is CN1c2ccccc2C2C(=O)C=CC(=O)C21. The van der Waals surface area contributed by atoms with Crippen molar-refractivity contribution in [2.24, 2.45) is 0 Å². The molecule has 0 spiro atoms. The first-order valence-corrected chi connectivity index (χ1v) is 5.27. The number of nitrogens with zero attached hydrogens (tertiary/aromatic N) is 1. The zero-order valence-electron chi connectivity index (χ0n) is 8.88. The van der Waals surface area contributed by atoms with Gasteiger partial charge in [0.15, 0.2) is 11.6 Å². The van der Waals surface area contributed by atoms with Crippen molar-refractivity contribution in [2.45, 2.75) is 12.0 Å². The Morgan fingerprint density at radius 3 is 2.56 bits per heavy atom. The molecule has 0 N–H and O–H groups in total. The summed E-state index contributed by atoms with van der Waals surface area (Å²) in [5, 5.41) is 0. The maximum atomic E-state index is 11.9. The van der Waals surface area contributed by atoms with Crippen LogP contribution in [0.15, 0.2) is 36.4 Å². The molecule has 0 aromatic heterocycles. The molecule has 1 heterocycles. The Bertz CT molecular complexity index is 518. The fraction of sp³-hybridized carbons (Fsp3) is 0.231. The predicted octanol–water partition coefficient (Wildman–Crippen LogP) is 1.30. The first-order valence-electron chi connectivity index (χ1n) is 5.27. The summed E-state index contributed by atoms with van der Waals surface area (Å²) < 4.78 is 0. The molecule has 3 heteroatoms. The van der Waals surface area contributed by atoms with Crippen LogP contribution in [0, 0.1) is 0 Å². The number of fused-ring (bicyclic) bond motifs is 3. The third kappa shape index (κ3) is 1.03. The minimum atomic E-state index is -0.338. The van der Waals surface area contributed by atoms with Crippen molar-refractivity contribution < 1.29 is 9.59 Å². The van der Waals surface area contributed by atoms with Crippen LogP contribution in [0.3, 0.4) is 0 Å². The number of para-hydroxylation sites is 1. The van der Waals surface area contributed by atoms with Crippen LogP contribution in [0.5, 0.6) is 0 Å². The van der Waals surface area contributed by atoms with E-state index in [4.69, 9.17) is 0 Å². The summed E-state index contributed by atoms with van der Waals surface area (Å²) in [5.74, 6) is -0.261. The lowest BCUT2D eigenvalue weighted by Gasteiger charge is -2.25. The van der Waals surface area contributed by atoms with Crippen molar-refractivity contribution in [2.75, 3.05) is 11.9 Å². The molecule has 1 aromatic carbocycles. The van der Waals surface area contributed by atoms with Gasteiger partial charge >= 0.3 is 0 Å². The van der Waals surface area contributed by atoms with Gasteiger partial charge in [-0.1, -0.05) is 18.2 Å². The second-order valence-electron chi connectivity index (χ2n) is 4.23. The fourth-order valence-corrected chi connectivity index (χ4v) is 2.65. The lowest BCUT2D eigenvalue weighted by Crippen LogP contribution is -2.41. The summed E-state index contributed by atoms with van der Waals surface area (Å²) in [5.41, 5.74) is 1.96. The van der Waals surface area contributed by atoms with Crippen LogP contribution in [0.2, 0.25) is 0 Å². The Morgan fingerprint density at radius 1 is 1.06 bits per heavy atom. The highest BCUT2D eigenvalue weighted by molar-refractivity contribution is 6.14. The van der Waals surface area contributed by atoms with Gasteiger partial charge in [-0.25, -0.2) is 0 Å².